The van der Waals surface area contributed by atoms with Gasteiger partial charge in [-0.05, 0) is 62.3 Å². The number of carbonyl (C=O) groups is 2. The van der Waals surface area contributed by atoms with E-state index in [4.69, 9.17) is 4.74 Å². The number of ether oxygens (including phenoxy) is 1. The van der Waals surface area contributed by atoms with Gasteiger partial charge < -0.3 is 20.1 Å². The Labute approximate surface area is 178 Å². The Morgan fingerprint density at radius 3 is 2.37 bits per heavy atom. The van der Waals surface area contributed by atoms with E-state index in [1.807, 2.05) is 24.3 Å². The van der Waals surface area contributed by atoms with E-state index in [0.717, 1.165) is 30.6 Å². The lowest BCUT2D eigenvalue weighted by Crippen LogP contribution is -2.57. The van der Waals surface area contributed by atoms with Crippen LogP contribution in [0, 0.1) is 23.2 Å². The maximum absolute atomic E-state index is 13.7. The number of hydrogen-bond donors (Lipinski definition) is 2. The Bertz CT molecular complexity index is 803. The molecule has 6 nitrogen and oxygen atoms in total. The van der Waals surface area contributed by atoms with Crippen LogP contribution in [0.5, 0.6) is 5.75 Å². The highest BCUT2D eigenvalue weighted by molar-refractivity contribution is 5.91. The largest absolute Gasteiger partial charge is 0.496 e. The second-order valence-corrected chi connectivity index (χ2v) is 10.1. The minimum absolute atomic E-state index is 0.121. The van der Waals surface area contributed by atoms with Gasteiger partial charge in [0.2, 0.25) is 11.8 Å². The smallest absolute Gasteiger partial charge is 0.243 e. The predicted molar refractivity (Wildman–Crippen MR) is 112 cm³/mol. The molecule has 1 saturated heterocycles. The van der Waals surface area contributed by atoms with Crippen LogP contribution in [0.15, 0.2) is 24.3 Å². The van der Waals surface area contributed by atoms with Crippen molar-refractivity contribution in [1.29, 1.82) is 0 Å². The number of β-amino-alcohol motifs (C(OH)–C–C–N with tert-alkyl or cyclic N) is 1. The third kappa shape index (κ3) is 3.39. The van der Waals surface area contributed by atoms with Crippen LogP contribution >= 0.6 is 0 Å². The van der Waals surface area contributed by atoms with Crippen molar-refractivity contribution < 1.29 is 19.4 Å². The van der Waals surface area contributed by atoms with E-state index < -0.39 is 12.1 Å². The molecule has 2 amide bonds. The molecule has 1 heterocycles. The second kappa shape index (κ2) is 7.56. The zero-order valence-corrected chi connectivity index (χ0v) is 17.7. The SMILES string of the molecule is COc1ccccc1CNC(=O)C1CC(O)CN1C(=O)C12CC3CC(CC(C3)C1)C2. The molecule has 6 heteroatoms. The van der Waals surface area contributed by atoms with Gasteiger partial charge in [0.1, 0.15) is 11.8 Å². The molecule has 0 aromatic heterocycles. The summed E-state index contributed by atoms with van der Waals surface area (Å²) in [5.74, 6) is 2.68. The summed E-state index contributed by atoms with van der Waals surface area (Å²) in [6, 6.07) is 7.00. The van der Waals surface area contributed by atoms with Crippen LogP contribution in [-0.4, -0.2) is 47.6 Å². The molecule has 2 atom stereocenters. The number of nitrogens with one attached hydrogen (secondary N) is 1. The highest BCUT2D eigenvalue weighted by atomic mass is 16.5. The summed E-state index contributed by atoms with van der Waals surface area (Å²) in [6.07, 6.45) is 6.42. The van der Waals surface area contributed by atoms with Gasteiger partial charge in [0.25, 0.3) is 0 Å². The van der Waals surface area contributed by atoms with Gasteiger partial charge in [-0.15, -0.1) is 0 Å². The molecule has 0 spiro atoms. The van der Waals surface area contributed by atoms with E-state index in [2.05, 4.69) is 5.32 Å². The van der Waals surface area contributed by atoms with E-state index in [-0.39, 0.29) is 23.8 Å². The van der Waals surface area contributed by atoms with Gasteiger partial charge in [0.15, 0.2) is 0 Å². The van der Waals surface area contributed by atoms with Gasteiger partial charge in [0, 0.05) is 25.1 Å². The van der Waals surface area contributed by atoms with E-state index in [1.54, 1.807) is 12.0 Å². The molecule has 1 aromatic carbocycles. The van der Waals surface area contributed by atoms with Crippen LogP contribution in [0.2, 0.25) is 0 Å². The maximum Gasteiger partial charge on any atom is 0.243 e. The molecule has 4 bridgehead atoms. The molecular formula is C24H32N2O4. The molecule has 0 radical (unpaired) electrons. The van der Waals surface area contributed by atoms with E-state index in [0.29, 0.717) is 30.7 Å². The molecule has 1 aromatic rings. The molecule has 30 heavy (non-hydrogen) atoms. The quantitative estimate of drug-likeness (QED) is 0.779. The Morgan fingerprint density at radius 1 is 1.10 bits per heavy atom. The molecule has 2 unspecified atom stereocenters. The molecule has 5 aliphatic rings. The highest BCUT2D eigenvalue weighted by Crippen LogP contribution is 2.60. The van der Waals surface area contributed by atoms with Crippen molar-refractivity contribution in [3.63, 3.8) is 0 Å². The van der Waals surface area contributed by atoms with Gasteiger partial charge in [-0.25, -0.2) is 0 Å². The average molecular weight is 413 g/mol. The molecule has 5 fully saturated rings. The van der Waals surface area contributed by atoms with Crippen LogP contribution in [0.3, 0.4) is 0 Å². The average Bonchev–Trinajstić information content (AvgIpc) is 3.12. The van der Waals surface area contributed by atoms with Crippen LogP contribution in [-0.2, 0) is 16.1 Å². The molecule has 2 N–H and O–H groups in total. The summed E-state index contributed by atoms with van der Waals surface area (Å²) < 4.78 is 5.36. The lowest BCUT2D eigenvalue weighted by molar-refractivity contribution is -0.160. The van der Waals surface area contributed by atoms with Gasteiger partial charge in [0.05, 0.1) is 18.6 Å². The Morgan fingerprint density at radius 2 is 1.73 bits per heavy atom. The van der Waals surface area contributed by atoms with E-state index in [1.165, 1.54) is 19.3 Å². The standard InChI is InChI=1S/C24H32N2O4/c1-30-21-5-3-2-4-18(21)13-25-22(28)20-9-19(27)14-26(20)23(29)24-10-15-6-16(11-24)8-17(7-15)12-24/h2-5,15-17,19-20,27H,6-14H2,1H3,(H,25,28). The number of amides is 2. The first-order valence-electron chi connectivity index (χ1n) is 11.4. The Hall–Kier alpha value is -2.08. The fourth-order valence-electron chi connectivity index (χ4n) is 7.11. The van der Waals surface area contributed by atoms with Crippen LogP contribution in [0.25, 0.3) is 0 Å². The number of methoxy groups -OCH3 is 1. The monoisotopic (exact) mass is 412 g/mol. The van der Waals surface area contributed by atoms with Crippen molar-refractivity contribution in [1.82, 2.24) is 10.2 Å². The van der Waals surface area contributed by atoms with Crippen molar-refractivity contribution in [2.24, 2.45) is 23.2 Å². The minimum Gasteiger partial charge on any atom is -0.496 e. The predicted octanol–water partition coefficient (Wildman–Crippen LogP) is 2.49. The number of nitrogens with zero attached hydrogens (tertiary/aromatic N) is 1. The number of hydrogen-bond acceptors (Lipinski definition) is 4. The first-order valence-corrected chi connectivity index (χ1v) is 11.4. The van der Waals surface area contributed by atoms with Crippen molar-refractivity contribution >= 4 is 11.8 Å². The molecule has 4 aliphatic carbocycles. The van der Waals surface area contributed by atoms with Crippen LogP contribution in [0.4, 0.5) is 0 Å². The fraction of sp³-hybridized carbons (Fsp3) is 0.667. The number of benzene rings is 1. The third-order valence-electron chi connectivity index (χ3n) is 7.98. The number of likely N-dealkylation sites (tertiary alicyclic amines) is 1. The Balaban J connectivity index is 1.30. The highest BCUT2D eigenvalue weighted by Gasteiger charge is 2.57. The number of aliphatic hydroxyl groups excluding tert-OH is 1. The summed E-state index contributed by atoms with van der Waals surface area (Å²) in [7, 11) is 1.61. The van der Waals surface area contributed by atoms with Crippen LogP contribution < -0.4 is 10.1 Å². The summed E-state index contributed by atoms with van der Waals surface area (Å²) in [5, 5.41) is 13.3. The molecule has 162 valence electrons. The first kappa shape index (κ1) is 19.9. The maximum atomic E-state index is 13.7. The fourth-order valence-corrected chi connectivity index (χ4v) is 7.11. The molecule has 6 rings (SSSR count). The molecule has 1 aliphatic heterocycles. The van der Waals surface area contributed by atoms with E-state index >= 15 is 0 Å². The summed E-state index contributed by atoms with van der Waals surface area (Å²) >= 11 is 0. The number of para-hydroxylation sites is 1. The summed E-state index contributed by atoms with van der Waals surface area (Å²) in [5.41, 5.74) is 0.603. The van der Waals surface area contributed by atoms with Crippen molar-refractivity contribution in [2.75, 3.05) is 13.7 Å². The van der Waals surface area contributed by atoms with Gasteiger partial charge in [-0.1, -0.05) is 18.2 Å². The minimum atomic E-state index is -0.634. The second-order valence-electron chi connectivity index (χ2n) is 10.1. The first-order chi connectivity index (χ1) is 14.5. The summed E-state index contributed by atoms with van der Waals surface area (Å²) in [4.78, 5) is 28.5. The summed E-state index contributed by atoms with van der Waals surface area (Å²) in [6.45, 7) is 0.613. The molecule has 4 saturated carbocycles. The Kier molecular flexibility index (Phi) is 5.00. The molecular weight excluding hydrogens is 380 g/mol. The normalized spacial score (nSPS) is 36.7. The number of aliphatic hydroxyl groups is 1. The van der Waals surface area contributed by atoms with Crippen molar-refractivity contribution in [2.45, 2.75) is 63.6 Å². The zero-order chi connectivity index (χ0) is 20.9. The van der Waals surface area contributed by atoms with Gasteiger partial charge in [-0.3, -0.25) is 9.59 Å². The lowest BCUT2D eigenvalue weighted by atomic mass is 9.49. The van der Waals surface area contributed by atoms with Gasteiger partial charge >= 0.3 is 0 Å². The van der Waals surface area contributed by atoms with Crippen LogP contribution in [0.1, 0.15) is 50.5 Å². The van der Waals surface area contributed by atoms with Crippen molar-refractivity contribution in [3.05, 3.63) is 29.8 Å². The van der Waals surface area contributed by atoms with Gasteiger partial charge in [-0.2, -0.15) is 0 Å². The topological polar surface area (TPSA) is 78.9 Å². The zero-order valence-electron chi connectivity index (χ0n) is 17.7. The van der Waals surface area contributed by atoms with Crippen molar-refractivity contribution in [3.8, 4) is 5.75 Å². The number of carbonyl (C=O) groups excluding carboxylic acids is 2. The third-order valence-corrected chi connectivity index (χ3v) is 7.98. The number of rotatable bonds is 5. The lowest BCUT2D eigenvalue weighted by Gasteiger charge is -2.56. The van der Waals surface area contributed by atoms with E-state index in [9.17, 15) is 14.7 Å².